The smallest absolute Gasteiger partial charge is 0.0716 e. The average Bonchev–Trinajstić information content (AvgIpc) is 3.31. The van der Waals surface area contributed by atoms with Crippen LogP contribution in [-0.2, 0) is 0 Å². The van der Waals surface area contributed by atoms with Gasteiger partial charge in [0.05, 0.1) is 22.4 Å². The Balaban J connectivity index is 1.44. The van der Waals surface area contributed by atoms with E-state index in [1.165, 1.54) is 27.4 Å². The monoisotopic (exact) mass is 550 g/mol. The Morgan fingerprint density at radius 2 is 1.08 bits per heavy atom. The molecule has 0 fully saturated rings. The Bertz CT molecular complexity index is 1860. The molecule has 180 valence electrons. The molecule has 0 atom stereocenters. The van der Waals surface area contributed by atoms with E-state index in [0.29, 0.717) is 0 Å². The van der Waals surface area contributed by atoms with Crippen molar-refractivity contribution in [2.45, 2.75) is 0 Å². The van der Waals surface area contributed by atoms with Crippen LogP contribution in [0.5, 0.6) is 0 Å². The highest BCUT2D eigenvalue weighted by molar-refractivity contribution is 9.10. The third-order valence-electron chi connectivity index (χ3n) is 7.04. The molecule has 2 heterocycles. The first kappa shape index (κ1) is 22.7. The summed E-state index contributed by atoms with van der Waals surface area (Å²) in [7, 11) is 0. The molecular formula is C35H23BrN2. The van der Waals surface area contributed by atoms with Crippen LogP contribution in [0.3, 0.4) is 0 Å². The molecule has 0 unspecified atom stereocenters. The number of pyridine rings is 1. The molecule has 2 nitrogen and oxygen atoms in total. The zero-order valence-corrected chi connectivity index (χ0v) is 22.1. The van der Waals surface area contributed by atoms with E-state index in [9.17, 15) is 0 Å². The number of hydrogen-bond donors (Lipinski definition) is 0. The minimum atomic E-state index is 0.954. The number of halogens is 1. The lowest BCUT2D eigenvalue weighted by molar-refractivity contribution is 1.18. The average molecular weight is 551 g/mol. The summed E-state index contributed by atoms with van der Waals surface area (Å²) < 4.78 is 3.43. The lowest BCUT2D eigenvalue weighted by atomic mass is 10.00. The summed E-state index contributed by atoms with van der Waals surface area (Å²) in [5.41, 5.74) is 9.93. The first-order valence-electron chi connectivity index (χ1n) is 12.7. The molecule has 0 radical (unpaired) electrons. The minimum Gasteiger partial charge on any atom is -0.309 e. The molecule has 0 aliphatic rings. The molecule has 3 heteroatoms. The van der Waals surface area contributed by atoms with Crippen molar-refractivity contribution >= 4 is 37.7 Å². The number of rotatable bonds is 4. The Morgan fingerprint density at radius 1 is 0.447 bits per heavy atom. The zero-order chi connectivity index (χ0) is 25.5. The number of nitrogens with zero attached hydrogens (tertiary/aromatic N) is 2. The summed E-state index contributed by atoms with van der Waals surface area (Å²) in [4.78, 5) is 5.14. The van der Waals surface area contributed by atoms with Gasteiger partial charge >= 0.3 is 0 Å². The van der Waals surface area contributed by atoms with E-state index in [1.807, 2.05) is 6.07 Å². The third kappa shape index (κ3) is 4.02. The fourth-order valence-corrected chi connectivity index (χ4v) is 5.62. The third-order valence-corrected chi connectivity index (χ3v) is 7.53. The molecule has 0 spiro atoms. The maximum Gasteiger partial charge on any atom is 0.0716 e. The highest BCUT2D eigenvalue weighted by atomic mass is 79.9. The predicted octanol–water partition coefficient (Wildman–Crippen LogP) is 9.94. The lowest BCUT2D eigenvalue weighted by Gasteiger charge is -2.13. The van der Waals surface area contributed by atoms with Gasteiger partial charge in [-0.25, -0.2) is 4.98 Å². The van der Waals surface area contributed by atoms with Gasteiger partial charge in [-0.2, -0.15) is 0 Å². The van der Waals surface area contributed by atoms with E-state index in [2.05, 4.69) is 154 Å². The van der Waals surface area contributed by atoms with E-state index in [1.54, 1.807) is 0 Å². The van der Waals surface area contributed by atoms with Crippen molar-refractivity contribution in [3.63, 3.8) is 0 Å². The largest absolute Gasteiger partial charge is 0.309 e. The summed E-state index contributed by atoms with van der Waals surface area (Å²) in [6, 6.07) is 49.1. The lowest BCUT2D eigenvalue weighted by Crippen LogP contribution is -1.96. The van der Waals surface area contributed by atoms with Crippen molar-refractivity contribution in [3.05, 3.63) is 144 Å². The van der Waals surface area contributed by atoms with Crippen LogP contribution >= 0.6 is 15.9 Å². The molecule has 0 saturated carbocycles. The minimum absolute atomic E-state index is 0.954. The number of fused-ring (bicyclic) bond motifs is 3. The topological polar surface area (TPSA) is 17.8 Å². The first-order chi connectivity index (χ1) is 18.7. The van der Waals surface area contributed by atoms with Gasteiger partial charge in [-0.15, -0.1) is 0 Å². The SMILES string of the molecule is Brc1ccc2c(c1)c1ccccc1n2-c1cccc(-c2cc(-c3ccccc3)cc(-c3ccccc3)n2)c1. The maximum absolute atomic E-state index is 5.14. The predicted molar refractivity (Wildman–Crippen MR) is 163 cm³/mol. The molecule has 0 bridgehead atoms. The van der Waals surface area contributed by atoms with Crippen molar-refractivity contribution in [3.8, 4) is 39.3 Å². The molecule has 7 aromatic rings. The number of para-hydroxylation sites is 1. The summed E-state index contributed by atoms with van der Waals surface area (Å²) >= 11 is 3.66. The fourth-order valence-electron chi connectivity index (χ4n) is 5.26. The van der Waals surface area contributed by atoms with E-state index in [0.717, 1.165) is 38.2 Å². The maximum atomic E-state index is 5.14. The Labute approximate surface area is 230 Å². The van der Waals surface area contributed by atoms with Crippen molar-refractivity contribution in [1.29, 1.82) is 0 Å². The van der Waals surface area contributed by atoms with Gasteiger partial charge in [-0.3, -0.25) is 0 Å². The number of hydrogen-bond acceptors (Lipinski definition) is 1. The van der Waals surface area contributed by atoms with Crippen LogP contribution in [0.25, 0.3) is 61.1 Å². The van der Waals surface area contributed by atoms with Gasteiger partial charge < -0.3 is 4.57 Å². The summed E-state index contributed by atoms with van der Waals surface area (Å²) in [6.45, 7) is 0. The molecule has 5 aromatic carbocycles. The normalized spacial score (nSPS) is 11.3. The molecule has 0 saturated heterocycles. The van der Waals surface area contributed by atoms with E-state index < -0.39 is 0 Å². The number of aromatic nitrogens is 2. The van der Waals surface area contributed by atoms with Crippen LogP contribution < -0.4 is 0 Å². The second-order valence-electron chi connectivity index (χ2n) is 9.42. The van der Waals surface area contributed by atoms with Crippen LogP contribution in [0, 0.1) is 0 Å². The standard InChI is InChI=1S/C35H23BrN2/c36-28-18-19-35-31(23-28)30-16-7-8-17-34(30)38(35)29-15-9-14-26(20-29)33-22-27(24-10-3-1-4-11-24)21-32(37-33)25-12-5-2-6-13-25/h1-23H. The molecule has 0 N–H and O–H groups in total. The summed E-state index contributed by atoms with van der Waals surface area (Å²) in [6.07, 6.45) is 0. The van der Waals surface area contributed by atoms with Crippen molar-refractivity contribution in [1.82, 2.24) is 9.55 Å². The van der Waals surface area contributed by atoms with Crippen LogP contribution in [0.2, 0.25) is 0 Å². The van der Waals surface area contributed by atoms with E-state index in [4.69, 9.17) is 4.98 Å². The van der Waals surface area contributed by atoms with Crippen molar-refractivity contribution < 1.29 is 0 Å². The zero-order valence-electron chi connectivity index (χ0n) is 20.6. The van der Waals surface area contributed by atoms with Gasteiger partial charge in [0.2, 0.25) is 0 Å². The Morgan fingerprint density at radius 3 is 1.87 bits per heavy atom. The quantitative estimate of drug-likeness (QED) is 0.213. The van der Waals surface area contributed by atoms with Gasteiger partial charge in [-0.1, -0.05) is 107 Å². The van der Waals surface area contributed by atoms with E-state index >= 15 is 0 Å². The summed E-state index contributed by atoms with van der Waals surface area (Å²) in [5, 5.41) is 2.47. The van der Waals surface area contributed by atoms with Crippen molar-refractivity contribution in [2.24, 2.45) is 0 Å². The van der Waals surface area contributed by atoms with Gasteiger partial charge in [-0.05, 0) is 59.7 Å². The van der Waals surface area contributed by atoms with Crippen LogP contribution in [0.4, 0.5) is 0 Å². The molecule has 0 amide bonds. The highest BCUT2D eigenvalue weighted by Gasteiger charge is 2.14. The fraction of sp³-hybridized carbons (Fsp3) is 0. The van der Waals surface area contributed by atoms with Crippen LogP contribution in [-0.4, -0.2) is 9.55 Å². The number of benzene rings is 5. The molecule has 7 rings (SSSR count). The van der Waals surface area contributed by atoms with Crippen molar-refractivity contribution in [2.75, 3.05) is 0 Å². The van der Waals surface area contributed by atoms with E-state index in [-0.39, 0.29) is 0 Å². The summed E-state index contributed by atoms with van der Waals surface area (Å²) in [5.74, 6) is 0. The van der Waals surface area contributed by atoms with Gasteiger partial charge in [0.15, 0.2) is 0 Å². The highest BCUT2D eigenvalue weighted by Crippen LogP contribution is 2.35. The van der Waals surface area contributed by atoms with Gasteiger partial charge in [0, 0.05) is 32.1 Å². The second-order valence-corrected chi connectivity index (χ2v) is 10.3. The second kappa shape index (κ2) is 9.44. The Hall–Kier alpha value is -4.47. The molecule has 38 heavy (non-hydrogen) atoms. The molecular weight excluding hydrogens is 528 g/mol. The molecule has 0 aliphatic heterocycles. The molecule has 0 aliphatic carbocycles. The van der Waals surface area contributed by atoms with Gasteiger partial charge in [0.25, 0.3) is 0 Å². The Kier molecular flexibility index (Phi) is 5.64. The first-order valence-corrected chi connectivity index (χ1v) is 13.5. The van der Waals surface area contributed by atoms with Crippen LogP contribution in [0.1, 0.15) is 0 Å². The van der Waals surface area contributed by atoms with Crippen LogP contribution in [0.15, 0.2) is 144 Å². The molecule has 2 aromatic heterocycles. The van der Waals surface area contributed by atoms with Gasteiger partial charge in [0.1, 0.15) is 0 Å².